The Morgan fingerprint density at radius 1 is 1.50 bits per heavy atom. The average molecular weight is 211 g/mol. The van der Waals surface area contributed by atoms with E-state index in [0.29, 0.717) is 12.5 Å². The molecule has 1 rings (SSSR count). The topological polar surface area (TPSA) is 35.2 Å². The predicted molar refractivity (Wildman–Crippen MR) is 62.2 cm³/mol. The zero-order valence-corrected chi connectivity index (χ0v) is 9.73. The van der Waals surface area contributed by atoms with E-state index in [1.807, 2.05) is 0 Å². The Labute approximate surface area is 89.8 Å². The van der Waals surface area contributed by atoms with E-state index in [9.17, 15) is 0 Å². The highest BCUT2D eigenvalue weighted by atomic mass is 32.2. The van der Waals surface area contributed by atoms with Gasteiger partial charge in [-0.1, -0.05) is 19.1 Å². The van der Waals surface area contributed by atoms with Crippen molar-refractivity contribution >= 4 is 11.8 Å². The molecule has 0 amide bonds. The lowest BCUT2D eigenvalue weighted by Gasteiger charge is -2.16. The molecule has 78 valence electrons. The van der Waals surface area contributed by atoms with E-state index in [1.165, 1.54) is 10.5 Å². The Bertz CT molecular complexity index is 301. The van der Waals surface area contributed by atoms with E-state index < -0.39 is 0 Å². The summed E-state index contributed by atoms with van der Waals surface area (Å²) in [7, 11) is 1.71. The summed E-state index contributed by atoms with van der Waals surface area (Å²) in [5, 5.41) is 0. The maximum absolute atomic E-state index is 5.66. The van der Waals surface area contributed by atoms with Crippen molar-refractivity contribution in [2.24, 2.45) is 5.73 Å². The summed E-state index contributed by atoms with van der Waals surface area (Å²) in [5.41, 5.74) is 6.85. The highest BCUT2D eigenvalue weighted by Gasteiger charge is 2.12. The summed E-state index contributed by atoms with van der Waals surface area (Å²) in [4.78, 5) is 1.17. The number of hydrogen-bond donors (Lipinski definition) is 1. The molecule has 1 unspecified atom stereocenters. The number of nitrogens with two attached hydrogens (primary N) is 1. The molecule has 0 aromatic heterocycles. The fourth-order valence-electron chi connectivity index (χ4n) is 1.43. The molecule has 2 nitrogen and oxygen atoms in total. The van der Waals surface area contributed by atoms with Crippen molar-refractivity contribution in [1.82, 2.24) is 0 Å². The quantitative estimate of drug-likeness (QED) is 0.777. The van der Waals surface area contributed by atoms with Gasteiger partial charge < -0.3 is 10.5 Å². The number of para-hydroxylation sites is 1. The normalized spacial score (nSPS) is 12.6. The van der Waals surface area contributed by atoms with E-state index >= 15 is 0 Å². The van der Waals surface area contributed by atoms with Crippen molar-refractivity contribution < 1.29 is 4.74 Å². The lowest BCUT2D eigenvalue weighted by atomic mass is 10.0. The maximum atomic E-state index is 5.66. The van der Waals surface area contributed by atoms with Crippen LogP contribution in [0.2, 0.25) is 0 Å². The Morgan fingerprint density at radius 2 is 2.21 bits per heavy atom. The molecule has 1 atom stereocenters. The minimum atomic E-state index is 0.344. The van der Waals surface area contributed by atoms with Crippen LogP contribution in [0.15, 0.2) is 23.1 Å². The Morgan fingerprint density at radius 3 is 2.71 bits per heavy atom. The molecule has 0 fully saturated rings. The minimum absolute atomic E-state index is 0.344. The molecule has 0 bridgehead atoms. The van der Waals surface area contributed by atoms with Crippen molar-refractivity contribution in [1.29, 1.82) is 0 Å². The lowest BCUT2D eigenvalue weighted by molar-refractivity contribution is 0.396. The molecule has 0 aliphatic heterocycles. The zero-order chi connectivity index (χ0) is 10.6. The number of hydrogen-bond acceptors (Lipinski definition) is 3. The standard InChI is InChI=1S/C11H17NOS/c1-8(7-12)9-5-4-6-10(14-3)11(9)13-2/h4-6,8H,7,12H2,1-3H3. The number of rotatable bonds is 4. The van der Waals surface area contributed by atoms with Crippen molar-refractivity contribution in [2.45, 2.75) is 17.7 Å². The largest absolute Gasteiger partial charge is 0.495 e. The van der Waals surface area contributed by atoms with Gasteiger partial charge in [0.2, 0.25) is 0 Å². The first-order chi connectivity index (χ1) is 6.74. The molecule has 14 heavy (non-hydrogen) atoms. The summed E-state index contributed by atoms with van der Waals surface area (Å²) in [5.74, 6) is 1.31. The third kappa shape index (κ3) is 2.22. The summed E-state index contributed by atoms with van der Waals surface area (Å²) in [6, 6.07) is 6.20. The molecule has 0 aliphatic rings. The van der Waals surface area contributed by atoms with Crippen LogP contribution < -0.4 is 10.5 Å². The third-order valence-corrected chi connectivity index (χ3v) is 3.08. The van der Waals surface area contributed by atoms with Crippen LogP contribution >= 0.6 is 11.8 Å². The van der Waals surface area contributed by atoms with Crippen molar-refractivity contribution in [3.05, 3.63) is 23.8 Å². The van der Waals surface area contributed by atoms with Gasteiger partial charge >= 0.3 is 0 Å². The van der Waals surface area contributed by atoms with Gasteiger partial charge in [0, 0.05) is 4.90 Å². The minimum Gasteiger partial charge on any atom is -0.495 e. The lowest BCUT2D eigenvalue weighted by Crippen LogP contribution is -2.10. The first-order valence-electron chi connectivity index (χ1n) is 4.65. The molecule has 0 heterocycles. The van der Waals surface area contributed by atoms with Gasteiger partial charge in [-0.15, -0.1) is 11.8 Å². The second-order valence-electron chi connectivity index (χ2n) is 3.22. The van der Waals surface area contributed by atoms with Crippen LogP contribution in [-0.4, -0.2) is 19.9 Å². The fraction of sp³-hybridized carbons (Fsp3) is 0.455. The predicted octanol–water partition coefficient (Wildman–Crippen LogP) is 2.48. The van der Waals surface area contributed by atoms with Crippen molar-refractivity contribution in [2.75, 3.05) is 19.9 Å². The number of thioether (sulfide) groups is 1. The first-order valence-corrected chi connectivity index (χ1v) is 5.88. The molecule has 1 aromatic rings. The highest BCUT2D eigenvalue weighted by molar-refractivity contribution is 7.98. The first kappa shape index (κ1) is 11.4. The Kier molecular flexibility index (Phi) is 4.29. The monoisotopic (exact) mass is 211 g/mol. The molecule has 0 radical (unpaired) electrons. The van der Waals surface area contributed by atoms with Crippen LogP contribution in [-0.2, 0) is 0 Å². The van der Waals surface area contributed by atoms with Gasteiger partial charge in [0.25, 0.3) is 0 Å². The van der Waals surface area contributed by atoms with Gasteiger partial charge in [-0.3, -0.25) is 0 Å². The second kappa shape index (κ2) is 5.27. The van der Waals surface area contributed by atoms with Crippen molar-refractivity contribution in [3.63, 3.8) is 0 Å². The average Bonchev–Trinajstić information content (AvgIpc) is 2.26. The van der Waals surface area contributed by atoms with Gasteiger partial charge in [-0.2, -0.15) is 0 Å². The second-order valence-corrected chi connectivity index (χ2v) is 4.07. The molecule has 1 aromatic carbocycles. The highest BCUT2D eigenvalue weighted by Crippen LogP contribution is 2.34. The van der Waals surface area contributed by atoms with E-state index in [-0.39, 0.29) is 0 Å². The van der Waals surface area contributed by atoms with Gasteiger partial charge in [0.05, 0.1) is 7.11 Å². The van der Waals surface area contributed by atoms with E-state index in [1.54, 1.807) is 18.9 Å². The summed E-state index contributed by atoms with van der Waals surface area (Å²) < 4.78 is 5.41. The molecule has 0 saturated heterocycles. The van der Waals surface area contributed by atoms with Crippen LogP contribution in [0, 0.1) is 0 Å². The molecular weight excluding hydrogens is 194 g/mol. The fourth-order valence-corrected chi connectivity index (χ4v) is 2.03. The SMILES string of the molecule is COc1c(SC)cccc1C(C)CN. The molecule has 2 N–H and O–H groups in total. The van der Waals surface area contributed by atoms with E-state index in [0.717, 1.165) is 5.75 Å². The van der Waals surface area contributed by atoms with Crippen LogP contribution in [0.3, 0.4) is 0 Å². The van der Waals surface area contributed by atoms with Gasteiger partial charge in [-0.05, 0) is 30.3 Å². The maximum Gasteiger partial charge on any atom is 0.135 e. The van der Waals surface area contributed by atoms with Gasteiger partial charge in [0.1, 0.15) is 5.75 Å². The summed E-state index contributed by atoms with van der Waals surface area (Å²) in [6.07, 6.45) is 2.05. The Balaban J connectivity index is 3.14. The van der Waals surface area contributed by atoms with Gasteiger partial charge in [-0.25, -0.2) is 0 Å². The van der Waals surface area contributed by atoms with E-state index in [4.69, 9.17) is 10.5 Å². The number of methoxy groups -OCH3 is 1. The van der Waals surface area contributed by atoms with Crippen LogP contribution in [0.4, 0.5) is 0 Å². The number of ether oxygens (including phenoxy) is 1. The van der Waals surface area contributed by atoms with Crippen LogP contribution in [0.25, 0.3) is 0 Å². The van der Waals surface area contributed by atoms with Gasteiger partial charge in [0.15, 0.2) is 0 Å². The molecular formula is C11H17NOS. The van der Waals surface area contributed by atoms with Crippen molar-refractivity contribution in [3.8, 4) is 5.75 Å². The number of benzene rings is 1. The summed E-state index contributed by atoms with van der Waals surface area (Å²) >= 11 is 1.70. The third-order valence-electron chi connectivity index (χ3n) is 2.32. The zero-order valence-electron chi connectivity index (χ0n) is 8.91. The van der Waals surface area contributed by atoms with Crippen LogP contribution in [0.1, 0.15) is 18.4 Å². The van der Waals surface area contributed by atoms with E-state index in [2.05, 4.69) is 31.4 Å². The molecule has 0 saturated carbocycles. The van der Waals surface area contributed by atoms with Crippen LogP contribution in [0.5, 0.6) is 5.75 Å². The summed E-state index contributed by atoms with van der Waals surface area (Å²) in [6.45, 7) is 2.76. The molecule has 0 spiro atoms. The smallest absolute Gasteiger partial charge is 0.135 e. The Hall–Kier alpha value is -0.670. The molecule has 3 heteroatoms. The molecule has 0 aliphatic carbocycles.